The highest BCUT2D eigenvalue weighted by molar-refractivity contribution is 9.10. The molecule has 2 aromatic heterocycles. The number of anilines is 1. The van der Waals surface area contributed by atoms with Crippen molar-refractivity contribution in [1.82, 2.24) is 15.2 Å². The zero-order valence-electron chi connectivity index (χ0n) is 10.3. The summed E-state index contributed by atoms with van der Waals surface area (Å²) in [5.74, 6) is 0.362. The number of H-pyrrole nitrogens is 2. The minimum atomic E-state index is -0.454. The molecule has 0 amide bonds. The van der Waals surface area contributed by atoms with Crippen LogP contribution in [-0.4, -0.2) is 29.3 Å². The number of aromatic nitrogens is 3. The minimum absolute atomic E-state index is 0.454. The maximum absolute atomic E-state index is 11.1. The van der Waals surface area contributed by atoms with Gasteiger partial charge in [0.15, 0.2) is 11.4 Å². The Morgan fingerprint density at radius 2 is 2.16 bits per heavy atom. The van der Waals surface area contributed by atoms with Crippen molar-refractivity contribution >= 4 is 32.8 Å². The van der Waals surface area contributed by atoms with Gasteiger partial charge in [-0.3, -0.25) is 10.1 Å². The zero-order valence-corrected chi connectivity index (χ0v) is 11.9. The Hall–Kier alpha value is -2.02. The quantitative estimate of drug-likeness (QED) is 0.759. The molecule has 0 aliphatic heterocycles. The van der Waals surface area contributed by atoms with E-state index in [1.54, 1.807) is 6.07 Å². The number of benzene rings is 1. The second-order valence-electron chi connectivity index (χ2n) is 4.36. The average Bonchev–Trinajstić information content (AvgIpc) is 2.89. The predicted molar refractivity (Wildman–Crippen MR) is 76.4 cm³/mol. The third-order valence-corrected chi connectivity index (χ3v) is 3.57. The van der Waals surface area contributed by atoms with Gasteiger partial charge in [0.05, 0.1) is 15.7 Å². The van der Waals surface area contributed by atoms with Crippen molar-refractivity contribution < 1.29 is 4.42 Å². The van der Waals surface area contributed by atoms with E-state index in [0.29, 0.717) is 11.1 Å². The highest BCUT2D eigenvalue weighted by Crippen LogP contribution is 2.33. The molecule has 0 radical (unpaired) electrons. The van der Waals surface area contributed by atoms with Crippen molar-refractivity contribution in [1.29, 1.82) is 0 Å². The third kappa shape index (κ3) is 1.95. The number of halogens is 1. The number of hydrogen-bond donors (Lipinski definition) is 2. The van der Waals surface area contributed by atoms with E-state index in [4.69, 9.17) is 4.42 Å². The van der Waals surface area contributed by atoms with Crippen LogP contribution in [0.15, 0.2) is 31.9 Å². The van der Waals surface area contributed by atoms with E-state index in [1.165, 1.54) is 0 Å². The van der Waals surface area contributed by atoms with Crippen molar-refractivity contribution in [2.24, 2.45) is 0 Å². The summed E-state index contributed by atoms with van der Waals surface area (Å²) >= 11 is 3.53. The molecule has 0 spiro atoms. The van der Waals surface area contributed by atoms with Crippen LogP contribution >= 0.6 is 15.9 Å². The molecule has 98 valence electrons. The highest BCUT2D eigenvalue weighted by Gasteiger charge is 2.14. The lowest BCUT2D eigenvalue weighted by Crippen LogP contribution is -2.09. The fourth-order valence-electron chi connectivity index (χ4n) is 1.91. The standard InChI is InChI=1S/C12H11BrN4O2/c1-17(2)11-9(13)10(15-16-11)6-3-4-8-7(5-6)14-12(18)19-8/h3-5H,1-2H3,(H,14,18)(H,15,16). The molecular weight excluding hydrogens is 312 g/mol. The lowest BCUT2D eigenvalue weighted by Gasteiger charge is -2.08. The van der Waals surface area contributed by atoms with Crippen molar-refractivity contribution in [3.63, 3.8) is 0 Å². The fourth-order valence-corrected chi connectivity index (χ4v) is 2.67. The number of nitrogens with zero attached hydrogens (tertiary/aromatic N) is 2. The molecule has 2 N–H and O–H groups in total. The number of nitrogens with one attached hydrogen (secondary N) is 2. The van der Waals surface area contributed by atoms with E-state index in [-0.39, 0.29) is 0 Å². The van der Waals surface area contributed by atoms with Gasteiger partial charge in [-0.1, -0.05) is 0 Å². The van der Waals surface area contributed by atoms with Crippen molar-refractivity contribution in [2.45, 2.75) is 0 Å². The molecule has 0 fully saturated rings. The molecule has 1 aromatic carbocycles. The number of hydrogen-bond acceptors (Lipinski definition) is 4. The molecule has 0 aliphatic rings. The first-order valence-corrected chi connectivity index (χ1v) is 6.40. The molecule has 6 nitrogen and oxygen atoms in total. The van der Waals surface area contributed by atoms with E-state index in [1.807, 2.05) is 31.1 Å². The van der Waals surface area contributed by atoms with E-state index < -0.39 is 5.76 Å². The summed E-state index contributed by atoms with van der Waals surface area (Å²) in [6.45, 7) is 0. The molecular formula is C12H11BrN4O2. The molecule has 3 aromatic rings. The predicted octanol–water partition coefficient (Wildman–Crippen LogP) is 2.34. The monoisotopic (exact) mass is 322 g/mol. The summed E-state index contributed by atoms with van der Waals surface area (Å²) in [5.41, 5.74) is 2.97. The molecule has 19 heavy (non-hydrogen) atoms. The van der Waals surface area contributed by atoms with Gasteiger partial charge in [0.25, 0.3) is 0 Å². The maximum Gasteiger partial charge on any atom is 0.417 e. The normalized spacial score (nSPS) is 11.1. The number of aromatic amines is 2. The summed E-state index contributed by atoms with van der Waals surface area (Å²) in [7, 11) is 3.84. The first kappa shape index (κ1) is 12.0. The third-order valence-electron chi connectivity index (χ3n) is 2.82. The summed E-state index contributed by atoms with van der Waals surface area (Å²) in [6, 6.07) is 5.47. The van der Waals surface area contributed by atoms with E-state index in [0.717, 1.165) is 21.5 Å². The maximum atomic E-state index is 11.1. The minimum Gasteiger partial charge on any atom is -0.408 e. The Bertz CT molecular complexity index is 800. The molecule has 7 heteroatoms. The van der Waals surface area contributed by atoms with Crippen LogP contribution in [0.1, 0.15) is 0 Å². The van der Waals surface area contributed by atoms with Gasteiger partial charge in [0.2, 0.25) is 0 Å². The molecule has 0 saturated heterocycles. The van der Waals surface area contributed by atoms with Crippen LogP contribution in [0.3, 0.4) is 0 Å². The summed E-state index contributed by atoms with van der Waals surface area (Å²) in [5, 5.41) is 7.22. The smallest absolute Gasteiger partial charge is 0.408 e. The Labute approximate surface area is 116 Å². The van der Waals surface area contributed by atoms with Gasteiger partial charge in [0, 0.05) is 19.7 Å². The summed E-state index contributed by atoms with van der Waals surface area (Å²) < 4.78 is 5.85. The van der Waals surface area contributed by atoms with Crippen LogP contribution in [-0.2, 0) is 0 Å². The average molecular weight is 323 g/mol. The summed E-state index contributed by atoms with van der Waals surface area (Å²) in [6.07, 6.45) is 0. The van der Waals surface area contributed by atoms with Crippen LogP contribution in [0.25, 0.3) is 22.4 Å². The van der Waals surface area contributed by atoms with Crippen LogP contribution in [0.5, 0.6) is 0 Å². The van der Waals surface area contributed by atoms with Gasteiger partial charge >= 0.3 is 5.76 Å². The van der Waals surface area contributed by atoms with Crippen LogP contribution in [0.2, 0.25) is 0 Å². The summed E-state index contributed by atoms with van der Waals surface area (Å²) in [4.78, 5) is 15.7. The van der Waals surface area contributed by atoms with Crippen LogP contribution in [0.4, 0.5) is 5.82 Å². The van der Waals surface area contributed by atoms with Gasteiger partial charge in [-0.05, 0) is 34.1 Å². The molecule has 0 unspecified atom stereocenters. The second kappa shape index (κ2) is 4.27. The Balaban J connectivity index is 2.16. The molecule has 0 atom stereocenters. The number of oxazole rings is 1. The first-order chi connectivity index (χ1) is 9.06. The topological polar surface area (TPSA) is 77.9 Å². The van der Waals surface area contributed by atoms with Gasteiger partial charge in [-0.2, -0.15) is 5.10 Å². The molecule has 0 aliphatic carbocycles. The van der Waals surface area contributed by atoms with Crippen molar-refractivity contribution in [3.05, 3.63) is 33.2 Å². The van der Waals surface area contributed by atoms with Crippen molar-refractivity contribution in [2.75, 3.05) is 19.0 Å². The molecule has 3 rings (SSSR count). The van der Waals surface area contributed by atoms with Crippen LogP contribution < -0.4 is 10.7 Å². The van der Waals surface area contributed by atoms with Crippen LogP contribution in [0, 0.1) is 0 Å². The van der Waals surface area contributed by atoms with Gasteiger partial charge < -0.3 is 9.32 Å². The lowest BCUT2D eigenvalue weighted by atomic mass is 10.1. The Morgan fingerprint density at radius 3 is 2.84 bits per heavy atom. The SMILES string of the molecule is CN(C)c1n[nH]c(-c2ccc3oc(=O)[nH]c3c2)c1Br. The van der Waals surface area contributed by atoms with Gasteiger partial charge in [-0.25, -0.2) is 4.79 Å². The number of rotatable bonds is 2. The lowest BCUT2D eigenvalue weighted by molar-refractivity contribution is 0.555. The first-order valence-electron chi connectivity index (χ1n) is 5.60. The highest BCUT2D eigenvalue weighted by atomic mass is 79.9. The second-order valence-corrected chi connectivity index (χ2v) is 5.15. The van der Waals surface area contributed by atoms with E-state index in [9.17, 15) is 4.79 Å². The van der Waals surface area contributed by atoms with Crippen molar-refractivity contribution in [3.8, 4) is 11.3 Å². The molecule has 2 heterocycles. The van der Waals surface area contributed by atoms with E-state index in [2.05, 4.69) is 31.1 Å². The molecule has 0 saturated carbocycles. The Morgan fingerprint density at radius 1 is 1.37 bits per heavy atom. The fraction of sp³-hybridized carbons (Fsp3) is 0.167. The van der Waals surface area contributed by atoms with Gasteiger partial charge in [0.1, 0.15) is 0 Å². The molecule has 0 bridgehead atoms. The Kier molecular flexibility index (Phi) is 2.70. The van der Waals surface area contributed by atoms with Gasteiger partial charge in [-0.15, -0.1) is 0 Å². The zero-order chi connectivity index (χ0) is 13.6. The van der Waals surface area contributed by atoms with E-state index >= 15 is 0 Å². The number of fused-ring (bicyclic) bond motifs is 1. The largest absolute Gasteiger partial charge is 0.417 e.